The van der Waals surface area contributed by atoms with E-state index in [4.69, 9.17) is 4.74 Å². The summed E-state index contributed by atoms with van der Waals surface area (Å²) in [7, 11) is 1.75. The number of ether oxygens (including phenoxy) is 1. The minimum Gasteiger partial charge on any atom is -0.483 e. The fourth-order valence-electron chi connectivity index (χ4n) is 4.12. The van der Waals surface area contributed by atoms with Crippen molar-refractivity contribution in [1.29, 1.82) is 0 Å². The van der Waals surface area contributed by atoms with Crippen molar-refractivity contribution in [2.45, 2.75) is 19.4 Å². The number of pyridine rings is 1. The minimum atomic E-state index is -0.281. The minimum absolute atomic E-state index is 0.212. The highest BCUT2D eigenvalue weighted by Gasteiger charge is 2.35. The summed E-state index contributed by atoms with van der Waals surface area (Å²) in [6, 6.07) is 11.0. The van der Waals surface area contributed by atoms with Crippen molar-refractivity contribution < 1.29 is 9.53 Å². The molecule has 1 saturated carbocycles. The molecule has 2 aromatic rings. The van der Waals surface area contributed by atoms with E-state index in [1.54, 1.807) is 17.8 Å². The summed E-state index contributed by atoms with van der Waals surface area (Å²) in [5, 5.41) is 3.00. The van der Waals surface area contributed by atoms with Crippen molar-refractivity contribution in [2.24, 2.45) is 24.8 Å². The number of fused-ring (bicyclic) bond motifs is 2. The van der Waals surface area contributed by atoms with Gasteiger partial charge in [0.1, 0.15) is 12.3 Å². The van der Waals surface area contributed by atoms with Gasteiger partial charge in [-0.15, -0.1) is 0 Å². The van der Waals surface area contributed by atoms with Crippen molar-refractivity contribution in [3.63, 3.8) is 0 Å². The molecule has 140 valence electrons. The summed E-state index contributed by atoms with van der Waals surface area (Å²) < 4.78 is 7.29. The molecule has 2 aliphatic rings. The number of aryl methyl sites for hydroxylation is 1. The fourth-order valence-corrected chi connectivity index (χ4v) is 4.12. The average Bonchev–Trinajstić information content (AvgIpc) is 3.30. The van der Waals surface area contributed by atoms with Crippen molar-refractivity contribution >= 4 is 5.91 Å². The van der Waals surface area contributed by atoms with Crippen molar-refractivity contribution in [3.8, 4) is 5.75 Å². The number of hydrogen-bond acceptors (Lipinski definition) is 3. The van der Waals surface area contributed by atoms with Gasteiger partial charge in [-0.05, 0) is 36.2 Å². The molecule has 3 atom stereocenters. The number of nitrogens with one attached hydrogen (secondary N) is 1. The van der Waals surface area contributed by atoms with Gasteiger partial charge < -0.3 is 14.6 Å². The van der Waals surface area contributed by atoms with Crippen molar-refractivity contribution in [3.05, 3.63) is 76.2 Å². The maximum absolute atomic E-state index is 12.5. The number of aromatic nitrogens is 1. The maximum atomic E-state index is 12.5. The standard InChI is InChI=1S/C22H24N2O3/c1-24-13-21(27-14-15-5-3-2-4-6-15)20(25)11-19(24)22(26)23-12-18-10-16-7-8-17(18)9-16/h2-8,11,13,16-18H,9-10,12,14H2,1H3,(H,23,26)/t16-,17-,18+/m0/s1. The van der Waals surface area contributed by atoms with Gasteiger partial charge in [-0.3, -0.25) is 9.59 Å². The molecule has 1 N–H and O–H groups in total. The van der Waals surface area contributed by atoms with Crippen LogP contribution in [0.1, 0.15) is 28.9 Å². The molecular formula is C22H24N2O3. The predicted molar refractivity (Wildman–Crippen MR) is 104 cm³/mol. The summed E-state index contributed by atoms with van der Waals surface area (Å²) in [6.07, 6.45) is 8.51. The second kappa shape index (κ2) is 7.43. The lowest BCUT2D eigenvalue weighted by Crippen LogP contribution is -2.33. The number of carbonyl (C=O) groups is 1. The van der Waals surface area contributed by atoms with Gasteiger partial charge in [0.25, 0.3) is 5.91 Å². The third-order valence-corrected chi connectivity index (χ3v) is 5.61. The Morgan fingerprint density at radius 3 is 2.74 bits per heavy atom. The molecule has 0 radical (unpaired) electrons. The van der Waals surface area contributed by atoms with E-state index in [1.165, 1.54) is 12.5 Å². The van der Waals surface area contributed by atoms with Gasteiger partial charge in [-0.1, -0.05) is 42.5 Å². The highest BCUT2D eigenvalue weighted by molar-refractivity contribution is 5.92. The Balaban J connectivity index is 1.39. The first kappa shape index (κ1) is 17.6. The van der Waals surface area contributed by atoms with E-state index >= 15 is 0 Å². The van der Waals surface area contributed by atoms with Crippen LogP contribution < -0.4 is 15.5 Å². The number of amides is 1. The average molecular weight is 364 g/mol. The number of nitrogens with zero attached hydrogens (tertiary/aromatic N) is 1. The molecule has 2 bridgehead atoms. The first-order valence-corrected chi connectivity index (χ1v) is 9.44. The molecule has 0 spiro atoms. The van der Waals surface area contributed by atoms with Gasteiger partial charge in [0.2, 0.25) is 5.43 Å². The first-order chi connectivity index (χ1) is 13.1. The lowest BCUT2D eigenvalue weighted by atomic mass is 9.93. The summed E-state index contributed by atoms with van der Waals surface area (Å²) in [4.78, 5) is 24.9. The zero-order valence-electron chi connectivity index (χ0n) is 15.4. The number of carbonyl (C=O) groups excluding carboxylic acids is 1. The van der Waals surface area contributed by atoms with Crippen LogP contribution in [0.5, 0.6) is 5.75 Å². The Hall–Kier alpha value is -2.82. The molecule has 4 rings (SSSR count). The molecule has 0 unspecified atom stereocenters. The van der Waals surface area contributed by atoms with Crippen LogP contribution in [0.2, 0.25) is 0 Å². The largest absolute Gasteiger partial charge is 0.483 e. The zero-order chi connectivity index (χ0) is 18.8. The van der Waals surface area contributed by atoms with Gasteiger partial charge >= 0.3 is 0 Å². The number of rotatable bonds is 6. The lowest BCUT2D eigenvalue weighted by Gasteiger charge is -2.19. The molecular weight excluding hydrogens is 340 g/mol. The van der Waals surface area contributed by atoms with Crippen LogP contribution in [-0.4, -0.2) is 17.0 Å². The third kappa shape index (κ3) is 3.82. The third-order valence-electron chi connectivity index (χ3n) is 5.61. The van der Waals surface area contributed by atoms with E-state index in [2.05, 4.69) is 17.5 Å². The van der Waals surface area contributed by atoms with E-state index in [-0.39, 0.29) is 17.1 Å². The summed E-state index contributed by atoms with van der Waals surface area (Å²) in [6.45, 7) is 0.976. The van der Waals surface area contributed by atoms with Gasteiger partial charge in [0, 0.05) is 19.7 Å². The van der Waals surface area contributed by atoms with E-state index in [1.807, 2.05) is 30.3 Å². The molecule has 1 heterocycles. The molecule has 27 heavy (non-hydrogen) atoms. The fraction of sp³-hybridized carbons (Fsp3) is 0.364. The topological polar surface area (TPSA) is 60.3 Å². The second-order valence-electron chi connectivity index (χ2n) is 7.52. The Labute approximate surface area is 158 Å². The molecule has 5 nitrogen and oxygen atoms in total. The highest BCUT2D eigenvalue weighted by atomic mass is 16.5. The van der Waals surface area contributed by atoms with Crippen LogP contribution in [0, 0.1) is 17.8 Å². The summed E-state index contributed by atoms with van der Waals surface area (Å²) >= 11 is 0. The van der Waals surface area contributed by atoms with Crippen LogP contribution in [-0.2, 0) is 13.7 Å². The zero-order valence-corrected chi connectivity index (χ0v) is 15.4. The number of hydrogen-bond donors (Lipinski definition) is 1. The SMILES string of the molecule is Cn1cc(OCc2ccccc2)c(=O)cc1C(=O)NC[C@H]1C[C@H]2C=C[C@H]1C2. The molecule has 1 fully saturated rings. The highest BCUT2D eigenvalue weighted by Crippen LogP contribution is 2.42. The first-order valence-electron chi connectivity index (χ1n) is 9.44. The molecule has 2 aliphatic carbocycles. The molecule has 1 amide bonds. The summed E-state index contributed by atoms with van der Waals surface area (Å²) in [5.74, 6) is 1.82. The molecule has 5 heteroatoms. The quantitative estimate of drug-likeness (QED) is 0.802. The smallest absolute Gasteiger partial charge is 0.268 e. The Bertz CT molecular complexity index is 917. The normalized spacial score (nSPS) is 22.8. The monoisotopic (exact) mass is 364 g/mol. The van der Waals surface area contributed by atoms with Gasteiger partial charge in [0.05, 0.1) is 6.20 Å². The lowest BCUT2D eigenvalue weighted by molar-refractivity contribution is 0.0935. The van der Waals surface area contributed by atoms with Crippen LogP contribution in [0.15, 0.2) is 59.5 Å². The van der Waals surface area contributed by atoms with Crippen molar-refractivity contribution in [2.75, 3.05) is 6.54 Å². The Kier molecular flexibility index (Phi) is 4.84. The molecule has 1 aromatic carbocycles. The second-order valence-corrected chi connectivity index (χ2v) is 7.52. The van der Waals surface area contributed by atoms with Gasteiger partial charge in [-0.2, -0.15) is 0 Å². The predicted octanol–water partition coefficient (Wildman–Crippen LogP) is 2.91. The summed E-state index contributed by atoms with van der Waals surface area (Å²) in [5.41, 5.74) is 1.06. The Morgan fingerprint density at radius 2 is 2.04 bits per heavy atom. The van der Waals surface area contributed by atoms with Crippen molar-refractivity contribution in [1.82, 2.24) is 9.88 Å². The maximum Gasteiger partial charge on any atom is 0.268 e. The van der Waals surface area contributed by atoms with E-state index in [0.717, 1.165) is 12.0 Å². The number of benzene rings is 1. The van der Waals surface area contributed by atoms with Crippen LogP contribution >= 0.6 is 0 Å². The van der Waals surface area contributed by atoms with Crippen LogP contribution in [0.4, 0.5) is 0 Å². The van der Waals surface area contributed by atoms with Gasteiger partial charge in [-0.25, -0.2) is 0 Å². The molecule has 0 saturated heterocycles. The van der Waals surface area contributed by atoms with Gasteiger partial charge in [0.15, 0.2) is 5.75 Å². The van der Waals surface area contributed by atoms with Crippen LogP contribution in [0.25, 0.3) is 0 Å². The van der Waals surface area contributed by atoms with Crippen LogP contribution in [0.3, 0.4) is 0 Å². The Morgan fingerprint density at radius 1 is 1.22 bits per heavy atom. The molecule has 0 aliphatic heterocycles. The van der Waals surface area contributed by atoms with E-state index in [9.17, 15) is 9.59 Å². The van der Waals surface area contributed by atoms with E-state index in [0.29, 0.717) is 36.6 Å². The molecule has 1 aromatic heterocycles. The van der Waals surface area contributed by atoms with E-state index < -0.39 is 0 Å². The number of allylic oxidation sites excluding steroid dienone is 2.